The van der Waals surface area contributed by atoms with Crippen molar-refractivity contribution in [2.45, 2.75) is 51.2 Å². The van der Waals surface area contributed by atoms with Crippen LogP contribution in [-0.4, -0.2) is 55.5 Å². The van der Waals surface area contributed by atoms with Gasteiger partial charge in [0.1, 0.15) is 17.9 Å². The van der Waals surface area contributed by atoms with E-state index in [1.54, 1.807) is 57.5 Å². The summed E-state index contributed by atoms with van der Waals surface area (Å²) in [5.74, 6) is -2.10. The summed E-state index contributed by atoms with van der Waals surface area (Å²) in [6.45, 7) is 8.62. The third kappa shape index (κ3) is 7.98. The molecular weight excluding hydrogens is 558 g/mol. The molecule has 0 radical (unpaired) electrons. The molecule has 10 nitrogen and oxygen atoms in total. The van der Waals surface area contributed by atoms with Gasteiger partial charge in [0.2, 0.25) is 0 Å². The first kappa shape index (κ1) is 31.0. The van der Waals surface area contributed by atoms with Crippen LogP contribution in [0, 0.1) is 6.92 Å². The zero-order valence-electron chi connectivity index (χ0n) is 23.3. The Bertz CT molecular complexity index is 1520. The number of fused-ring (bicyclic) bond motifs is 1. The van der Waals surface area contributed by atoms with E-state index in [-0.39, 0.29) is 24.0 Å². The maximum absolute atomic E-state index is 13.0. The Morgan fingerprint density at radius 1 is 1.07 bits per heavy atom. The minimum absolute atomic E-state index is 0.0233. The molecule has 1 unspecified atom stereocenters. The van der Waals surface area contributed by atoms with Crippen molar-refractivity contribution in [1.82, 2.24) is 15.2 Å². The van der Waals surface area contributed by atoms with Crippen LogP contribution in [-0.2, 0) is 31.2 Å². The molecule has 3 aromatic rings. The van der Waals surface area contributed by atoms with Crippen LogP contribution in [0.1, 0.15) is 55.4 Å². The van der Waals surface area contributed by atoms with Gasteiger partial charge >= 0.3 is 12.1 Å². The van der Waals surface area contributed by atoms with Gasteiger partial charge in [-0.2, -0.15) is 0 Å². The van der Waals surface area contributed by atoms with Gasteiger partial charge in [-0.1, -0.05) is 23.7 Å². The average molecular weight is 592 g/mol. The number of alkyl carbamates (subject to hydrolysis) is 1. The predicted molar refractivity (Wildman–Crippen MR) is 152 cm³/mol. The quantitative estimate of drug-likeness (QED) is 0.277. The highest BCUT2D eigenvalue weighted by Gasteiger charge is 2.22. The monoisotopic (exact) mass is 591 g/mol. The molecule has 0 bridgehead atoms. The first-order valence-electron chi connectivity index (χ1n) is 12.6. The molecular formula is C28H34ClN3O7S. The highest BCUT2D eigenvalue weighted by atomic mass is 35.5. The average Bonchev–Trinajstić information content (AvgIpc) is 3.17. The van der Waals surface area contributed by atoms with Gasteiger partial charge in [0.15, 0.2) is 15.6 Å². The normalized spacial score (nSPS) is 12.6. The van der Waals surface area contributed by atoms with Crippen molar-refractivity contribution < 1.29 is 32.3 Å². The first-order chi connectivity index (χ1) is 18.6. The minimum atomic E-state index is -3.96. The number of carbonyl (C=O) groups excluding carboxylic acids is 3. The summed E-state index contributed by atoms with van der Waals surface area (Å²) < 4.78 is 37.1. The number of aromatic nitrogens is 1. The fourth-order valence-corrected chi connectivity index (χ4v) is 5.40. The van der Waals surface area contributed by atoms with Crippen molar-refractivity contribution in [1.29, 1.82) is 0 Å². The molecule has 0 fully saturated rings. The fraction of sp³-hybridized carbons (Fsp3) is 0.393. The number of amides is 2. The molecule has 0 spiro atoms. The molecule has 216 valence electrons. The molecule has 2 aromatic carbocycles. The van der Waals surface area contributed by atoms with Gasteiger partial charge < -0.3 is 24.7 Å². The van der Waals surface area contributed by atoms with Crippen LogP contribution in [0.15, 0.2) is 47.4 Å². The van der Waals surface area contributed by atoms with E-state index in [0.29, 0.717) is 16.3 Å². The van der Waals surface area contributed by atoms with E-state index in [9.17, 15) is 22.8 Å². The van der Waals surface area contributed by atoms with Crippen LogP contribution < -0.4 is 10.6 Å². The van der Waals surface area contributed by atoms with E-state index in [1.807, 2.05) is 19.1 Å². The van der Waals surface area contributed by atoms with Gasteiger partial charge in [0.05, 0.1) is 28.0 Å². The van der Waals surface area contributed by atoms with E-state index in [1.165, 1.54) is 12.1 Å². The molecule has 1 aromatic heterocycles. The number of benzene rings is 2. The van der Waals surface area contributed by atoms with Gasteiger partial charge in [-0.3, -0.25) is 9.59 Å². The van der Waals surface area contributed by atoms with E-state index in [2.05, 4.69) is 10.6 Å². The highest BCUT2D eigenvalue weighted by molar-refractivity contribution is 7.92. The maximum atomic E-state index is 13.0. The smallest absolute Gasteiger partial charge is 0.407 e. The minimum Gasteiger partial charge on any atom is -0.463 e. The van der Waals surface area contributed by atoms with Crippen molar-refractivity contribution in [3.05, 3.63) is 64.3 Å². The lowest BCUT2D eigenvalue weighted by atomic mass is 10.1. The van der Waals surface area contributed by atoms with Crippen LogP contribution in [0.25, 0.3) is 10.9 Å². The molecule has 12 heteroatoms. The van der Waals surface area contributed by atoms with Crippen LogP contribution in [0.4, 0.5) is 4.79 Å². The number of nitrogens with one attached hydrogen (secondary N) is 2. The van der Waals surface area contributed by atoms with Gasteiger partial charge in [-0.05, 0) is 76.1 Å². The van der Waals surface area contributed by atoms with Gasteiger partial charge in [-0.15, -0.1) is 0 Å². The summed E-state index contributed by atoms with van der Waals surface area (Å²) in [5, 5.41) is 6.68. The Labute approximate surface area is 238 Å². The van der Waals surface area contributed by atoms with Crippen molar-refractivity contribution in [3.8, 4) is 0 Å². The third-order valence-corrected chi connectivity index (χ3v) is 7.84. The van der Waals surface area contributed by atoms with Gasteiger partial charge in [-0.25, -0.2) is 13.2 Å². The first-order valence-corrected chi connectivity index (χ1v) is 14.6. The summed E-state index contributed by atoms with van der Waals surface area (Å²) in [5.41, 5.74) is 2.27. The van der Waals surface area contributed by atoms with Crippen LogP contribution in [0.5, 0.6) is 0 Å². The zero-order chi connectivity index (χ0) is 29.8. The standard InChI is InChI=1S/C28H34ClN3O7S/c1-17-13-22(29)21-15-24(32(6)23(21)14-17)26(34)31-18(2)19-7-9-20(10-8-19)40(36,37)16-25(33)38-12-11-30-27(35)39-28(3,4)5/h7-10,13-15,18H,11-12,16H2,1-6H3,(H,30,35)(H,31,34). The Balaban J connectivity index is 1.56. The Morgan fingerprint density at radius 3 is 2.35 bits per heavy atom. The zero-order valence-corrected chi connectivity index (χ0v) is 24.9. The number of sulfone groups is 1. The van der Waals surface area contributed by atoms with Crippen molar-refractivity contribution in [3.63, 3.8) is 0 Å². The fourth-order valence-electron chi connectivity index (χ4n) is 3.97. The van der Waals surface area contributed by atoms with Gasteiger partial charge in [0, 0.05) is 12.4 Å². The number of nitrogens with zero attached hydrogens (tertiary/aromatic N) is 1. The molecule has 0 saturated heterocycles. The number of rotatable bonds is 9. The molecule has 1 atom stereocenters. The summed E-state index contributed by atoms with van der Waals surface area (Å²) in [4.78, 5) is 36.6. The number of halogens is 1. The molecule has 2 N–H and O–H groups in total. The second-order valence-electron chi connectivity index (χ2n) is 10.4. The second kappa shape index (κ2) is 12.3. The lowest BCUT2D eigenvalue weighted by molar-refractivity contribution is -0.140. The van der Waals surface area contributed by atoms with Crippen LogP contribution in [0.3, 0.4) is 0 Å². The van der Waals surface area contributed by atoms with Crippen LogP contribution in [0.2, 0.25) is 5.02 Å². The molecule has 40 heavy (non-hydrogen) atoms. The number of aryl methyl sites for hydroxylation is 2. The Hall–Kier alpha value is -3.57. The van der Waals surface area contributed by atoms with Gasteiger partial charge in [0.25, 0.3) is 5.91 Å². The molecule has 2 amide bonds. The second-order valence-corrected chi connectivity index (χ2v) is 12.8. The summed E-state index contributed by atoms with van der Waals surface area (Å²) in [7, 11) is -2.17. The number of hydrogen-bond acceptors (Lipinski definition) is 7. The van der Waals surface area contributed by atoms with E-state index >= 15 is 0 Å². The molecule has 1 heterocycles. The SMILES string of the molecule is Cc1cc(Cl)c2cc(C(=O)NC(C)c3ccc(S(=O)(=O)CC(=O)OCCNC(=O)OC(C)(C)C)cc3)n(C)c2c1. The molecule has 0 saturated carbocycles. The third-order valence-electron chi connectivity index (χ3n) is 5.92. The largest absolute Gasteiger partial charge is 0.463 e. The molecule has 0 aliphatic heterocycles. The summed E-state index contributed by atoms with van der Waals surface area (Å²) >= 11 is 6.36. The predicted octanol–water partition coefficient (Wildman–Crippen LogP) is 4.47. The summed E-state index contributed by atoms with van der Waals surface area (Å²) in [6, 6.07) is 11.0. The van der Waals surface area contributed by atoms with E-state index < -0.39 is 39.3 Å². The van der Waals surface area contributed by atoms with Crippen molar-refractivity contribution >= 4 is 50.3 Å². The number of esters is 1. The molecule has 3 rings (SSSR count). The lowest BCUT2D eigenvalue weighted by Gasteiger charge is -2.19. The number of carbonyl (C=O) groups is 3. The summed E-state index contributed by atoms with van der Waals surface area (Å²) in [6.07, 6.45) is -0.668. The van der Waals surface area contributed by atoms with E-state index in [0.717, 1.165) is 16.5 Å². The Morgan fingerprint density at radius 2 is 1.73 bits per heavy atom. The number of ether oxygens (including phenoxy) is 2. The van der Waals surface area contributed by atoms with Crippen LogP contribution >= 0.6 is 11.6 Å². The van der Waals surface area contributed by atoms with E-state index in [4.69, 9.17) is 21.1 Å². The topological polar surface area (TPSA) is 133 Å². The number of hydrogen-bond donors (Lipinski definition) is 2. The molecule has 0 aliphatic rings. The Kier molecular flexibility index (Phi) is 9.52. The maximum Gasteiger partial charge on any atom is 0.407 e. The lowest BCUT2D eigenvalue weighted by Crippen LogP contribution is -2.34. The van der Waals surface area contributed by atoms with Crippen molar-refractivity contribution in [2.75, 3.05) is 18.9 Å². The van der Waals surface area contributed by atoms with Crippen molar-refractivity contribution in [2.24, 2.45) is 7.05 Å². The molecule has 0 aliphatic carbocycles. The highest BCUT2D eigenvalue weighted by Crippen LogP contribution is 2.28.